The summed E-state index contributed by atoms with van der Waals surface area (Å²) < 4.78 is 7.21. The largest absolute Gasteiger partial charge is 0.486 e. The smallest absolute Gasteiger partial charge is 0.214 e. The van der Waals surface area contributed by atoms with Crippen molar-refractivity contribution in [2.45, 2.75) is 39.2 Å². The topological polar surface area (TPSA) is 29.5 Å². The molecule has 1 aromatic rings. The van der Waals surface area contributed by atoms with Crippen molar-refractivity contribution in [2.75, 3.05) is 15.9 Å². The normalized spacial score (nSPS) is 24.1. The SMILES string of the molecule is Cc1c2c(c(C)c3c1OC(C)(CI)C3)N(C=O)CC2. The standard InChI is InChI=1S/C15H18INO2/c1-9-12-6-15(3,7-16)19-14(12)10(2)11-4-5-17(8-18)13(9)11/h8H,4-7H2,1-3H3. The van der Waals surface area contributed by atoms with Crippen molar-refractivity contribution in [2.24, 2.45) is 0 Å². The van der Waals surface area contributed by atoms with Crippen LogP contribution in [0.3, 0.4) is 0 Å². The molecule has 102 valence electrons. The van der Waals surface area contributed by atoms with Crippen LogP contribution in [-0.4, -0.2) is 23.0 Å². The van der Waals surface area contributed by atoms with Gasteiger partial charge in [-0.3, -0.25) is 4.79 Å². The molecular formula is C15H18INO2. The lowest BCUT2D eigenvalue weighted by Gasteiger charge is -2.21. The van der Waals surface area contributed by atoms with Gasteiger partial charge in [0, 0.05) is 23.0 Å². The lowest BCUT2D eigenvalue weighted by atomic mass is 9.92. The van der Waals surface area contributed by atoms with Crippen LogP contribution in [0, 0.1) is 13.8 Å². The molecule has 1 aromatic carbocycles. The summed E-state index contributed by atoms with van der Waals surface area (Å²) in [5, 5.41) is 0. The molecule has 3 nitrogen and oxygen atoms in total. The van der Waals surface area contributed by atoms with E-state index in [-0.39, 0.29) is 5.60 Å². The first kappa shape index (κ1) is 13.2. The molecule has 4 heteroatoms. The number of carbonyl (C=O) groups is 1. The third-order valence-corrected chi connectivity index (χ3v) is 5.97. The highest BCUT2D eigenvalue weighted by Gasteiger charge is 2.39. The number of rotatable bonds is 2. The second-order valence-corrected chi connectivity index (χ2v) is 6.56. The van der Waals surface area contributed by atoms with Gasteiger partial charge in [0.05, 0.1) is 5.69 Å². The number of anilines is 1. The Hall–Kier alpha value is -0.780. The molecular weight excluding hydrogens is 353 g/mol. The zero-order valence-corrected chi connectivity index (χ0v) is 13.7. The Morgan fingerprint density at radius 3 is 2.74 bits per heavy atom. The van der Waals surface area contributed by atoms with Crippen molar-refractivity contribution in [3.8, 4) is 5.75 Å². The number of hydrogen-bond donors (Lipinski definition) is 0. The minimum Gasteiger partial charge on any atom is -0.486 e. The Morgan fingerprint density at radius 2 is 2.11 bits per heavy atom. The second kappa shape index (κ2) is 4.36. The van der Waals surface area contributed by atoms with E-state index in [4.69, 9.17) is 4.74 Å². The minimum absolute atomic E-state index is 0.0977. The number of alkyl halides is 1. The molecule has 0 radical (unpaired) electrons. The van der Waals surface area contributed by atoms with Crippen LogP contribution in [0.4, 0.5) is 5.69 Å². The quantitative estimate of drug-likeness (QED) is 0.455. The maximum Gasteiger partial charge on any atom is 0.214 e. The van der Waals surface area contributed by atoms with E-state index in [9.17, 15) is 4.79 Å². The summed E-state index contributed by atoms with van der Waals surface area (Å²) in [6.07, 6.45) is 2.84. The van der Waals surface area contributed by atoms with Crippen molar-refractivity contribution in [3.05, 3.63) is 22.3 Å². The van der Waals surface area contributed by atoms with Crippen LogP contribution in [0.5, 0.6) is 5.75 Å². The second-order valence-electron chi connectivity index (χ2n) is 5.80. The Labute approximate surface area is 127 Å². The van der Waals surface area contributed by atoms with E-state index in [0.29, 0.717) is 0 Å². The van der Waals surface area contributed by atoms with Crippen molar-refractivity contribution in [1.82, 2.24) is 0 Å². The van der Waals surface area contributed by atoms with E-state index in [1.807, 2.05) is 4.90 Å². The van der Waals surface area contributed by atoms with Crippen LogP contribution in [-0.2, 0) is 17.6 Å². The van der Waals surface area contributed by atoms with E-state index in [1.54, 1.807) is 0 Å². The average Bonchev–Trinajstić information content (AvgIpc) is 2.98. The highest BCUT2D eigenvalue weighted by molar-refractivity contribution is 14.1. The number of fused-ring (bicyclic) bond motifs is 2. The highest BCUT2D eigenvalue weighted by Crippen LogP contribution is 2.47. The number of amides is 1. The van der Waals surface area contributed by atoms with Crippen molar-refractivity contribution < 1.29 is 9.53 Å². The van der Waals surface area contributed by atoms with Gasteiger partial charge < -0.3 is 9.64 Å². The first-order valence-corrected chi connectivity index (χ1v) is 8.15. The molecule has 3 rings (SSSR count). The number of hydrogen-bond acceptors (Lipinski definition) is 2. The molecule has 0 spiro atoms. The summed E-state index contributed by atoms with van der Waals surface area (Å²) in [7, 11) is 0. The summed E-state index contributed by atoms with van der Waals surface area (Å²) >= 11 is 2.39. The van der Waals surface area contributed by atoms with Crippen LogP contribution in [0.15, 0.2) is 0 Å². The Morgan fingerprint density at radius 1 is 1.37 bits per heavy atom. The number of ether oxygens (including phenoxy) is 1. The van der Waals surface area contributed by atoms with Gasteiger partial charge in [-0.15, -0.1) is 0 Å². The highest BCUT2D eigenvalue weighted by atomic mass is 127. The third kappa shape index (κ3) is 1.79. The van der Waals surface area contributed by atoms with Crippen molar-refractivity contribution >= 4 is 34.7 Å². The third-order valence-electron chi connectivity index (χ3n) is 4.36. The van der Waals surface area contributed by atoms with E-state index in [2.05, 4.69) is 43.4 Å². The van der Waals surface area contributed by atoms with Crippen molar-refractivity contribution in [3.63, 3.8) is 0 Å². The number of carbonyl (C=O) groups excluding carboxylic acids is 1. The molecule has 2 aliphatic heterocycles. The number of nitrogens with zero attached hydrogens (tertiary/aromatic N) is 1. The Bertz CT molecular complexity index is 570. The summed E-state index contributed by atoms with van der Waals surface area (Å²) in [6.45, 7) is 7.22. The van der Waals surface area contributed by atoms with Crippen molar-refractivity contribution in [1.29, 1.82) is 0 Å². The van der Waals surface area contributed by atoms with E-state index in [0.717, 1.165) is 41.7 Å². The molecule has 0 N–H and O–H groups in total. The molecule has 19 heavy (non-hydrogen) atoms. The zero-order chi connectivity index (χ0) is 13.8. The maximum absolute atomic E-state index is 11.2. The summed E-state index contributed by atoms with van der Waals surface area (Å²) in [5.74, 6) is 1.07. The van der Waals surface area contributed by atoms with Crippen LogP contribution in [0.1, 0.15) is 29.2 Å². The van der Waals surface area contributed by atoms with E-state index < -0.39 is 0 Å². The first-order valence-electron chi connectivity index (χ1n) is 6.62. The molecule has 1 atom stereocenters. The molecule has 1 amide bonds. The lowest BCUT2D eigenvalue weighted by Crippen LogP contribution is -2.32. The predicted molar refractivity (Wildman–Crippen MR) is 84.7 cm³/mol. The molecule has 0 saturated heterocycles. The minimum atomic E-state index is -0.0977. The molecule has 0 bridgehead atoms. The summed E-state index contributed by atoms with van der Waals surface area (Å²) in [5.41, 5.74) is 6.08. The zero-order valence-electron chi connectivity index (χ0n) is 11.5. The molecule has 2 heterocycles. The maximum atomic E-state index is 11.2. The Kier molecular flexibility index (Phi) is 3.04. The number of benzene rings is 1. The van der Waals surface area contributed by atoms with Gasteiger partial charge in [0.25, 0.3) is 0 Å². The van der Waals surface area contributed by atoms with Crippen LogP contribution < -0.4 is 9.64 Å². The van der Waals surface area contributed by atoms with Gasteiger partial charge in [0.2, 0.25) is 6.41 Å². The van der Waals surface area contributed by atoms with Gasteiger partial charge in [-0.05, 0) is 43.9 Å². The van der Waals surface area contributed by atoms with Gasteiger partial charge in [-0.2, -0.15) is 0 Å². The fourth-order valence-corrected chi connectivity index (χ4v) is 3.73. The van der Waals surface area contributed by atoms with Gasteiger partial charge in [-0.1, -0.05) is 22.6 Å². The van der Waals surface area contributed by atoms with Crippen LogP contribution in [0.25, 0.3) is 0 Å². The fourth-order valence-electron chi connectivity index (χ4n) is 3.31. The van der Waals surface area contributed by atoms with E-state index >= 15 is 0 Å². The molecule has 0 aliphatic carbocycles. The first-order chi connectivity index (χ1) is 9.00. The van der Waals surface area contributed by atoms with Gasteiger partial charge in [-0.25, -0.2) is 0 Å². The predicted octanol–water partition coefficient (Wildman–Crippen LogP) is 2.95. The Balaban J connectivity index is 2.20. The lowest BCUT2D eigenvalue weighted by molar-refractivity contribution is -0.107. The summed E-state index contributed by atoms with van der Waals surface area (Å²) in [4.78, 5) is 13.1. The molecule has 0 saturated carbocycles. The van der Waals surface area contributed by atoms with Crippen LogP contribution >= 0.6 is 22.6 Å². The van der Waals surface area contributed by atoms with Crippen LogP contribution in [0.2, 0.25) is 0 Å². The summed E-state index contributed by atoms with van der Waals surface area (Å²) in [6, 6.07) is 0. The monoisotopic (exact) mass is 371 g/mol. The van der Waals surface area contributed by atoms with Gasteiger partial charge >= 0.3 is 0 Å². The molecule has 0 aromatic heterocycles. The molecule has 2 aliphatic rings. The molecule has 1 unspecified atom stereocenters. The van der Waals surface area contributed by atoms with Gasteiger partial charge in [0.1, 0.15) is 11.4 Å². The average molecular weight is 371 g/mol. The van der Waals surface area contributed by atoms with E-state index in [1.165, 1.54) is 22.3 Å². The van der Waals surface area contributed by atoms with Gasteiger partial charge in [0.15, 0.2) is 0 Å². The molecule has 0 fully saturated rings. The number of halogens is 1. The fraction of sp³-hybridized carbons (Fsp3) is 0.533.